The van der Waals surface area contributed by atoms with Gasteiger partial charge in [-0.3, -0.25) is 4.57 Å². The molecule has 14 heteroatoms. The van der Waals surface area contributed by atoms with Crippen molar-refractivity contribution in [3.8, 4) is 34.0 Å². The molecule has 0 amide bonds. The molecule has 1 aromatic heterocycles. The average molecular weight is 797 g/mol. The highest BCUT2D eigenvalue weighted by Gasteiger charge is 2.52. The molecule has 0 radical (unpaired) electrons. The Bertz CT molecular complexity index is 1960. The van der Waals surface area contributed by atoms with Crippen molar-refractivity contribution < 1.29 is 42.7 Å². The van der Waals surface area contributed by atoms with E-state index in [1.54, 1.807) is 12.1 Å². The van der Waals surface area contributed by atoms with Crippen LogP contribution >= 0.6 is 11.6 Å². The zero-order chi connectivity index (χ0) is 39.0. The van der Waals surface area contributed by atoms with Crippen molar-refractivity contribution >= 4 is 45.0 Å². The van der Waals surface area contributed by atoms with E-state index in [9.17, 15) is 9.90 Å². The summed E-state index contributed by atoms with van der Waals surface area (Å²) in [4.78, 5) is 16.6. The molecule has 4 atom stereocenters. The Hall–Kier alpha value is -3.28. The van der Waals surface area contributed by atoms with Gasteiger partial charge in [0.1, 0.15) is 24.7 Å². The number of carboxylic acid groups (broad SMARTS) is 1. The fraction of sp³-hybridized carbons (Fsp3) is 0.500. The summed E-state index contributed by atoms with van der Waals surface area (Å²) >= 11 is 7.01. The standard InChI is InChI=1S/C40H53ClN2O9Si2/c1-40(2,3)54(8,9)52-35-22-49-36-34(21-48-37(35)36)51-39-42-31-19-29(30(41)20-32(31)43(39)23-47-16-17-53(5,6)7)26-12-10-25(11-13-26)28-15-14-27(38(44)45)18-33(28)50-24-46-4/h10-15,18-20,34-37H,16-17,21-24H2,1-9H3,(H,44,45)/t34-,35-,36-,37-/m1/s1. The van der Waals surface area contributed by atoms with Crippen LogP contribution in [0.2, 0.25) is 48.8 Å². The Kier molecular flexibility index (Phi) is 12.0. The summed E-state index contributed by atoms with van der Waals surface area (Å²) < 4.78 is 44.9. The van der Waals surface area contributed by atoms with Crippen LogP contribution in [0.5, 0.6) is 11.8 Å². The van der Waals surface area contributed by atoms with Crippen LogP contribution in [-0.4, -0.2) is 95.2 Å². The highest BCUT2D eigenvalue weighted by Crippen LogP contribution is 2.41. The molecule has 11 nitrogen and oxygen atoms in total. The van der Waals surface area contributed by atoms with Crippen molar-refractivity contribution in [3.05, 3.63) is 65.2 Å². The predicted octanol–water partition coefficient (Wildman–Crippen LogP) is 8.95. The van der Waals surface area contributed by atoms with Crippen LogP contribution in [-0.2, 0) is 30.1 Å². The fourth-order valence-corrected chi connectivity index (χ4v) is 8.72. The lowest BCUT2D eigenvalue weighted by molar-refractivity contribution is 0.00692. The third kappa shape index (κ3) is 8.89. The Labute approximate surface area is 324 Å². The number of nitrogens with zero attached hydrogens (tertiary/aromatic N) is 2. The van der Waals surface area contributed by atoms with Crippen LogP contribution in [0.15, 0.2) is 54.6 Å². The van der Waals surface area contributed by atoms with Gasteiger partial charge in [0.05, 0.1) is 40.9 Å². The molecule has 0 spiro atoms. The number of imidazole rings is 1. The first-order chi connectivity index (χ1) is 25.5. The summed E-state index contributed by atoms with van der Waals surface area (Å²) in [6, 6.07) is 18.0. The quantitative estimate of drug-likeness (QED) is 0.0710. The van der Waals surface area contributed by atoms with Gasteiger partial charge in [0.25, 0.3) is 6.01 Å². The van der Waals surface area contributed by atoms with Crippen LogP contribution in [0.25, 0.3) is 33.3 Å². The lowest BCUT2D eigenvalue weighted by atomic mass is 9.98. The minimum absolute atomic E-state index is 0.0142. The number of methoxy groups -OCH3 is 1. The van der Waals surface area contributed by atoms with E-state index in [1.807, 2.05) is 41.0 Å². The topological polar surface area (TPSA) is 120 Å². The zero-order valence-electron chi connectivity index (χ0n) is 32.7. The van der Waals surface area contributed by atoms with Gasteiger partial charge in [-0.1, -0.05) is 76.3 Å². The van der Waals surface area contributed by atoms with E-state index < -0.39 is 22.4 Å². The van der Waals surface area contributed by atoms with Crippen molar-refractivity contribution in [1.82, 2.24) is 9.55 Å². The van der Waals surface area contributed by atoms with Gasteiger partial charge in [0.15, 0.2) is 21.2 Å². The molecule has 2 fully saturated rings. The van der Waals surface area contributed by atoms with Gasteiger partial charge in [0, 0.05) is 32.9 Å². The van der Waals surface area contributed by atoms with Crippen LogP contribution in [0, 0.1) is 0 Å². The first kappa shape index (κ1) is 40.4. The highest BCUT2D eigenvalue weighted by molar-refractivity contribution is 6.76. The largest absolute Gasteiger partial charge is 0.478 e. The minimum Gasteiger partial charge on any atom is -0.478 e. The van der Waals surface area contributed by atoms with Crippen molar-refractivity contribution in [2.24, 2.45) is 0 Å². The number of carbonyl (C=O) groups is 1. The van der Waals surface area contributed by atoms with Crippen LogP contribution < -0.4 is 9.47 Å². The third-order valence-electron chi connectivity index (χ3n) is 10.6. The molecule has 3 aromatic carbocycles. The van der Waals surface area contributed by atoms with Crippen LogP contribution in [0.3, 0.4) is 0 Å². The molecule has 2 aliphatic rings. The van der Waals surface area contributed by atoms with Gasteiger partial charge in [-0.25, -0.2) is 4.79 Å². The van der Waals surface area contributed by atoms with Gasteiger partial charge in [-0.05, 0) is 65.6 Å². The maximum absolute atomic E-state index is 11.6. The van der Waals surface area contributed by atoms with E-state index in [4.69, 9.17) is 49.4 Å². The number of halogens is 1. The second kappa shape index (κ2) is 16.1. The molecule has 4 aromatic rings. The molecule has 0 saturated carbocycles. The number of aromatic carboxylic acids is 1. The average Bonchev–Trinajstić information content (AvgIpc) is 3.79. The molecule has 1 N–H and O–H groups in total. The van der Waals surface area contributed by atoms with Gasteiger partial charge < -0.3 is 38.0 Å². The Balaban J connectivity index is 1.27. The number of benzene rings is 3. The maximum atomic E-state index is 11.6. The summed E-state index contributed by atoms with van der Waals surface area (Å²) in [5.74, 6) is -0.624. The summed E-state index contributed by atoms with van der Waals surface area (Å²) in [5, 5.41) is 10.1. The molecule has 6 rings (SSSR count). The molecular formula is C40H53ClN2O9Si2. The Morgan fingerprint density at radius 2 is 1.59 bits per heavy atom. The number of hydrogen-bond acceptors (Lipinski definition) is 9. The third-order valence-corrected chi connectivity index (χ3v) is 17.1. The molecule has 292 valence electrons. The first-order valence-electron chi connectivity index (χ1n) is 18.4. The smallest absolute Gasteiger partial charge is 0.335 e. The van der Waals surface area contributed by atoms with Gasteiger partial charge >= 0.3 is 5.97 Å². The molecule has 0 aliphatic carbocycles. The normalized spacial score (nSPS) is 20.4. The van der Waals surface area contributed by atoms with Crippen molar-refractivity contribution in [2.75, 3.05) is 33.7 Å². The van der Waals surface area contributed by atoms with E-state index in [-0.39, 0.29) is 48.5 Å². The summed E-state index contributed by atoms with van der Waals surface area (Å²) in [5.41, 5.74) is 4.90. The van der Waals surface area contributed by atoms with Gasteiger partial charge in [0.2, 0.25) is 0 Å². The number of carboxylic acids is 1. The second-order valence-corrected chi connectivity index (χ2v) is 27.6. The second-order valence-electron chi connectivity index (χ2n) is 16.8. The SMILES string of the molecule is COCOc1cc(C(=O)O)ccc1-c1ccc(-c2cc3nc(O[C@@H]4CO[C@H]5[C@@H]4OC[C@H]5O[Si](C)(C)C(C)(C)C)n(COCC[Si](C)(C)C)c3cc2Cl)cc1. The fourth-order valence-electron chi connectivity index (χ4n) is 6.38. The van der Waals surface area contributed by atoms with E-state index >= 15 is 0 Å². The number of ether oxygens (including phenoxy) is 6. The molecule has 2 aliphatic heterocycles. The lowest BCUT2D eigenvalue weighted by Crippen LogP contribution is -2.47. The minimum atomic E-state index is -2.04. The van der Waals surface area contributed by atoms with Gasteiger partial charge in [-0.15, -0.1) is 0 Å². The Morgan fingerprint density at radius 1 is 0.944 bits per heavy atom. The highest BCUT2D eigenvalue weighted by atomic mass is 35.5. The number of hydrogen-bond donors (Lipinski definition) is 1. The van der Waals surface area contributed by atoms with Crippen molar-refractivity contribution in [1.29, 1.82) is 0 Å². The predicted molar refractivity (Wildman–Crippen MR) is 215 cm³/mol. The molecule has 0 bridgehead atoms. The lowest BCUT2D eigenvalue weighted by Gasteiger charge is -2.39. The van der Waals surface area contributed by atoms with E-state index in [0.717, 1.165) is 33.8 Å². The number of rotatable bonds is 15. The van der Waals surface area contributed by atoms with Crippen molar-refractivity contribution in [2.45, 2.75) is 95.7 Å². The van der Waals surface area contributed by atoms with Crippen LogP contribution in [0.1, 0.15) is 31.1 Å². The van der Waals surface area contributed by atoms with Crippen LogP contribution in [0.4, 0.5) is 0 Å². The van der Waals surface area contributed by atoms with Crippen molar-refractivity contribution in [3.63, 3.8) is 0 Å². The van der Waals surface area contributed by atoms with E-state index in [1.165, 1.54) is 13.2 Å². The Morgan fingerprint density at radius 3 is 2.22 bits per heavy atom. The maximum Gasteiger partial charge on any atom is 0.335 e. The first-order valence-corrected chi connectivity index (χ1v) is 25.4. The van der Waals surface area contributed by atoms with E-state index in [2.05, 4.69) is 53.5 Å². The molecule has 54 heavy (non-hydrogen) atoms. The zero-order valence-corrected chi connectivity index (χ0v) is 35.5. The summed E-state index contributed by atoms with van der Waals surface area (Å²) in [7, 11) is -1.83. The molecule has 3 heterocycles. The molecule has 0 unspecified atom stereocenters. The monoisotopic (exact) mass is 796 g/mol. The molecular weight excluding hydrogens is 744 g/mol. The summed E-state index contributed by atoms with van der Waals surface area (Å²) in [6.07, 6.45) is -1.00. The summed E-state index contributed by atoms with van der Waals surface area (Å²) in [6.45, 7) is 19.9. The number of aromatic nitrogens is 2. The molecule has 2 saturated heterocycles. The van der Waals surface area contributed by atoms with Gasteiger partial charge in [-0.2, -0.15) is 4.98 Å². The van der Waals surface area contributed by atoms with E-state index in [0.29, 0.717) is 42.1 Å². The number of fused-ring (bicyclic) bond motifs is 2.